The minimum Gasteiger partial charge on any atom is -0.355 e. The highest BCUT2D eigenvalue weighted by Gasteiger charge is 2.31. The third-order valence-electron chi connectivity index (χ3n) is 7.15. The first kappa shape index (κ1) is 22.5. The number of nitrogens with zero attached hydrogens (tertiary/aromatic N) is 5. The number of aromatic nitrogens is 1. The zero-order valence-corrected chi connectivity index (χ0v) is 19.6. The predicted octanol–water partition coefficient (Wildman–Crippen LogP) is 2.58. The van der Waals surface area contributed by atoms with E-state index in [2.05, 4.69) is 35.5 Å². The van der Waals surface area contributed by atoms with Crippen molar-refractivity contribution < 1.29 is 4.79 Å². The minimum atomic E-state index is -0.171. The van der Waals surface area contributed by atoms with Crippen LogP contribution in [-0.2, 0) is 0 Å². The van der Waals surface area contributed by atoms with Crippen LogP contribution in [0.3, 0.4) is 0 Å². The fraction of sp³-hybridized carbons (Fsp3) is 0.750. The molecule has 3 fully saturated rings. The molecule has 1 aromatic heterocycles. The molecule has 2 aliphatic heterocycles. The van der Waals surface area contributed by atoms with Crippen molar-refractivity contribution in [3.8, 4) is 0 Å². The summed E-state index contributed by atoms with van der Waals surface area (Å²) in [6.07, 6.45) is 5.99. The fourth-order valence-corrected chi connectivity index (χ4v) is 4.96. The third kappa shape index (κ3) is 5.76. The van der Waals surface area contributed by atoms with Gasteiger partial charge in [0.15, 0.2) is 0 Å². The van der Waals surface area contributed by atoms with Crippen molar-refractivity contribution in [3.63, 3.8) is 0 Å². The molecule has 2 saturated heterocycles. The molecule has 1 aromatic rings. The van der Waals surface area contributed by atoms with Crippen molar-refractivity contribution in [2.24, 2.45) is 11.8 Å². The van der Waals surface area contributed by atoms with E-state index in [9.17, 15) is 4.79 Å². The van der Waals surface area contributed by atoms with Crippen LogP contribution in [0.4, 0.5) is 5.82 Å². The highest BCUT2D eigenvalue weighted by molar-refractivity contribution is 5.92. The molecule has 3 heterocycles. The van der Waals surface area contributed by atoms with Crippen molar-refractivity contribution in [2.45, 2.75) is 64.5 Å². The Morgan fingerprint density at radius 2 is 1.81 bits per heavy atom. The van der Waals surface area contributed by atoms with Crippen LogP contribution in [0.25, 0.3) is 0 Å². The molecule has 7 heteroatoms. The van der Waals surface area contributed by atoms with Gasteiger partial charge in [0.25, 0.3) is 5.91 Å². The number of carbonyl (C=O) groups excluding carboxylic acids is 1. The van der Waals surface area contributed by atoms with E-state index in [-0.39, 0.29) is 11.4 Å². The molecule has 172 valence electrons. The molecule has 0 radical (unpaired) electrons. The Kier molecular flexibility index (Phi) is 6.84. The number of rotatable bonds is 5. The van der Waals surface area contributed by atoms with Crippen molar-refractivity contribution >= 4 is 11.7 Å². The molecular formula is C24H40N6O. The van der Waals surface area contributed by atoms with Gasteiger partial charge in [0.2, 0.25) is 0 Å². The largest absolute Gasteiger partial charge is 0.355 e. The Labute approximate surface area is 187 Å². The lowest BCUT2D eigenvalue weighted by molar-refractivity contribution is 0.0589. The van der Waals surface area contributed by atoms with Gasteiger partial charge >= 0.3 is 0 Å². The van der Waals surface area contributed by atoms with Crippen LogP contribution in [-0.4, -0.2) is 83.1 Å². The normalized spacial score (nSPS) is 22.4. The number of carbonyl (C=O) groups is 1. The number of piperidine rings is 1. The molecule has 0 unspecified atom stereocenters. The lowest BCUT2D eigenvalue weighted by Crippen LogP contribution is -2.51. The SMILES string of the molecule is CC(C)(C)N1CCC(N2CCCN(c3cccc(C(=O)N(N)CC4CC4)n3)CC2)CC1. The first-order valence-corrected chi connectivity index (χ1v) is 12.1. The number of amides is 1. The summed E-state index contributed by atoms with van der Waals surface area (Å²) in [5.41, 5.74) is 0.725. The van der Waals surface area contributed by atoms with E-state index in [1.54, 1.807) is 6.07 Å². The molecule has 0 atom stereocenters. The average Bonchev–Trinajstić information content (AvgIpc) is 3.59. The van der Waals surface area contributed by atoms with E-state index < -0.39 is 0 Å². The molecule has 4 rings (SSSR count). The quantitative estimate of drug-likeness (QED) is 0.442. The second-order valence-corrected chi connectivity index (χ2v) is 10.5. The van der Waals surface area contributed by atoms with E-state index in [1.807, 2.05) is 12.1 Å². The number of hydrazine groups is 1. The lowest BCUT2D eigenvalue weighted by Gasteiger charge is -2.43. The second-order valence-electron chi connectivity index (χ2n) is 10.5. The van der Waals surface area contributed by atoms with Gasteiger partial charge in [-0.15, -0.1) is 0 Å². The Bertz CT molecular complexity index is 751. The average molecular weight is 429 g/mol. The van der Waals surface area contributed by atoms with Crippen molar-refractivity contribution in [2.75, 3.05) is 50.7 Å². The third-order valence-corrected chi connectivity index (χ3v) is 7.15. The van der Waals surface area contributed by atoms with Crippen molar-refractivity contribution in [1.29, 1.82) is 0 Å². The van der Waals surface area contributed by atoms with Crippen LogP contribution in [0.2, 0.25) is 0 Å². The van der Waals surface area contributed by atoms with Crippen LogP contribution in [0.5, 0.6) is 0 Å². The summed E-state index contributed by atoms with van der Waals surface area (Å²) in [6.45, 7) is 14.1. The van der Waals surface area contributed by atoms with Gasteiger partial charge in [0, 0.05) is 57.4 Å². The van der Waals surface area contributed by atoms with Crippen LogP contribution in [0.1, 0.15) is 63.4 Å². The molecular weight excluding hydrogens is 388 g/mol. The van der Waals surface area contributed by atoms with Gasteiger partial charge in [-0.05, 0) is 70.9 Å². The predicted molar refractivity (Wildman–Crippen MR) is 125 cm³/mol. The second kappa shape index (κ2) is 9.43. The molecule has 3 aliphatic rings. The first-order chi connectivity index (χ1) is 14.8. The number of anilines is 1. The van der Waals surface area contributed by atoms with Crippen molar-refractivity contribution in [1.82, 2.24) is 19.8 Å². The topological polar surface area (TPSA) is 68.9 Å². The monoisotopic (exact) mass is 428 g/mol. The molecule has 31 heavy (non-hydrogen) atoms. The maximum atomic E-state index is 12.7. The van der Waals surface area contributed by atoms with Gasteiger partial charge in [0.1, 0.15) is 11.5 Å². The zero-order valence-electron chi connectivity index (χ0n) is 19.6. The Hall–Kier alpha value is -1.70. The molecule has 0 spiro atoms. The van der Waals surface area contributed by atoms with Gasteiger partial charge in [-0.1, -0.05) is 6.07 Å². The highest BCUT2D eigenvalue weighted by atomic mass is 16.2. The van der Waals surface area contributed by atoms with Gasteiger partial charge < -0.3 is 4.90 Å². The van der Waals surface area contributed by atoms with Crippen LogP contribution >= 0.6 is 0 Å². The number of hydrogen-bond donors (Lipinski definition) is 1. The summed E-state index contributed by atoms with van der Waals surface area (Å²) >= 11 is 0. The molecule has 2 N–H and O–H groups in total. The van der Waals surface area contributed by atoms with Gasteiger partial charge in [-0.3, -0.25) is 19.6 Å². The smallest absolute Gasteiger partial charge is 0.286 e. The van der Waals surface area contributed by atoms with Gasteiger partial charge in [-0.2, -0.15) is 0 Å². The number of pyridine rings is 1. The zero-order chi connectivity index (χ0) is 22.0. The molecule has 1 amide bonds. The van der Waals surface area contributed by atoms with Gasteiger partial charge in [0.05, 0.1) is 0 Å². The molecule has 1 aliphatic carbocycles. The molecule has 7 nitrogen and oxygen atoms in total. The van der Waals surface area contributed by atoms with E-state index in [1.165, 1.54) is 43.8 Å². The molecule has 0 bridgehead atoms. The highest BCUT2D eigenvalue weighted by Crippen LogP contribution is 2.29. The number of nitrogens with two attached hydrogens (primary N) is 1. The van der Waals surface area contributed by atoms with E-state index in [0.29, 0.717) is 24.2 Å². The maximum Gasteiger partial charge on any atom is 0.286 e. The van der Waals surface area contributed by atoms with Gasteiger partial charge in [-0.25, -0.2) is 10.8 Å². The van der Waals surface area contributed by atoms with E-state index >= 15 is 0 Å². The summed E-state index contributed by atoms with van der Waals surface area (Å²) in [6, 6.07) is 6.43. The number of likely N-dealkylation sites (tertiary alicyclic amines) is 1. The van der Waals surface area contributed by atoms with Crippen LogP contribution in [0.15, 0.2) is 18.2 Å². The lowest BCUT2D eigenvalue weighted by atomic mass is 9.97. The van der Waals surface area contributed by atoms with Crippen LogP contribution < -0.4 is 10.7 Å². The number of hydrogen-bond acceptors (Lipinski definition) is 6. The Morgan fingerprint density at radius 3 is 2.48 bits per heavy atom. The fourth-order valence-electron chi connectivity index (χ4n) is 4.96. The summed E-state index contributed by atoms with van der Waals surface area (Å²) in [5.74, 6) is 7.30. The summed E-state index contributed by atoms with van der Waals surface area (Å²) in [5, 5.41) is 1.35. The van der Waals surface area contributed by atoms with Crippen molar-refractivity contribution in [3.05, 3.63) is 23.9 Å². The summed E-state index contributed by atoms with van der Waals surface area (Å²) in [4.78, 5) is 25.0. The standard InChI is InChI=1S/C24H40N6O/c1-24(2,3)29-14-10-20(11-15-29)27-12-5-13-28(17-16-27)22-7-4-6-21(26-22)23(31)30(25)18-19-8-9-19/h4,6-7,19-20H,5,8-18,25H2,1-3H3. The van der Waals surface area contributed by atoms with E-state index in [0.717, 1.165) is 38.4 Å². The summed E-state index contributed by atoms with van der Waals surface area (Å²) < 4.78 is 0. The minimum absolute atomic E-state index is 0.171. The summed E-state index contributed by atoms with van der Waals surface area (Å²) in [7, 11) is 0. The molecule has 0 aromatic carbocycles. The van der Waals surface area contributed by atoms with E-state index in [4.69, 9.17) is 10.8 Å². The maximum absolute atomic E-state index is 12.7. The Balaban J connectivity index is 1.33. The van der Waals surface area contributed by atoms with Crippen LogP contribution in [0, 0.1) is 5.92 Å². The molecule has 1 saturated carbocycles. The Morgan fingerprint density at radius 1 is 1.06 bits per heavy atom. The first-order valence-electron chi connectivity index (χ1n) is 12.1.